The summed E-state index contributed by atoms with van der Waals surface area (Å²) >= 11 is 0. The molecule has 0 aliphatic rings. The monoisotopic (exact) mass is 161 g/mol. The minimum Gasteiger partial charge on any atom is -0.370 e. The van der Waals surface area contributed by atoms with Crippen LogP contribution in [0.4, 0.5) is 5.82 Å². The zero-order valence-corrected chi connectivity index (χ0v) is 6.83. The molecule has 0 fully saturated rings. The lowest BCUT2D eigenvalue weighted by atomic mass is 10.3. The van der Waals surface area contributed by atoms with Gasteiger partial charge in [-0.05, 0) is 18.6 Å². The molecule has 0 saturated carbocycles. The van der Waals surface area contributed by atoms with Crippen molar-refractivity contribution in [2.45, 2.75) is 12.8 Å². The summed E-state index contributed by atoms with van der Waals surface area (Å²) in [6, 6.07) is 7.81. The van der Waals surface area contributed by atoms with Crippen LogP contribution in [0.15, 0.2) is 24.4 Å². The van der Waals surface area contributed by atoms with Gasteiger partial charge < -0.3 is 5.32 Å². The van der Waals surface area contributed by atoms with E-state index in [4.69, 9.17) is 5.26 Å². The van der Waals surface area contributed by atoms with Crippen LogP contribution < -0.4 is 5.32 Å². The molecule has 62 valence electrons. The molecular formula is C9H11N3. The smallest absolute Gasteiger partial charge is 0.125 e. The number of nitriles is 1. The Kier molecular flexibility index (Phi) is 3.65. The molecule has 1 heterocycles. The van der Waals surface area contributed by atoms with Crippen molar-refractivity contribution in [3.63, 3.8) is 0 Å². The van der Waals surface area contributed by atoms with Crippen molar-refractivity contribution in [1.29, 1.82) is 5.26 Å². The van der Waals surface area contributed by atoms with Crippen molar-refractivity contribution in [3.8, 4) is 6.07 Å². The number of hydrogen-bond acceptors (Lipinski definition) is 3. The van der Waals surface area contributed by atoms with E-state index < -0.39 is 0 Å². The topological polar surface area (TPSA) is 48.7 Å². The first-order chi connectivity index (χ1) is 5.93. The SMILES string of the molecule is N#CCCCNc1ccccn1. The fourth-order valence-corrected chi connectivity index (χ4v) is 0.851. The van der Waals surface area contributed by atoms with E-state index in [1.807, 2.05) is 18.2 Å². The van der Waals surface area contributed by atoms with E-state index in [0.717, 1.165) is 18.8 Å². The van der Waals surface area contributed by atoms with Crippen molar-refractivity contribution >= 4 is 5.82 Å². The maximum absolute atomic E-state index is 8.27. The lowest BCUT2D eigenvalue weighted by molar-refractivity contribution is 0.892. The van der Waals surface area contributed by atoms with Crippen LogP contribution in [-0.4, -0.2) is 11.5 Å². The van der Waals surface area contributed by atoms with Crippen LogP contribution in [0.3, 0.4) is 0 Å². The second kappa shape index (κ2) is 5.14. The number of aromatic nitrogens is 1. The summed E-state index contributed by atoms with van der Waals surface area (Å²) in [5, 5.41) is 11.4. The molecule has 1 aromatic heterocycles. The molecule has 3 nitrogen and oxygen atoms in total. The van der Waals surface area contributed by atoms with Crippen LogP contribution in [0.2, 0.25) is 0 Å². The molecule has 0 aromatic carbocycles. The summed E-state index contributed by atoms with van der Waals surface area (Å²) in [4.78, 5) is 4.08. The van der Waals surface area contributed by atoms with E-state index in [-0.39, 0.29) is 0 Å². The fraction of sp³-hybridized carbons (Fsp3) is 0.333. The summed E-state index contributed by atoms with van der Waals surface area (Å²) in [6.07, 6.45) is 3.21. The van der Waals surface area contributed by atoms with Crippen molar-refractivity contribution < 1.29 is 0 Å². The van der Waals surface area contributed by atoms with Crippen LogP contribution in [0.25, 0.3) is 0 Å². The molecule has 0 aliphatic carbocycles. The quantitative estimate of drug-likeness (QED) is 0.685. The number of unbranched alkanes of at least 4 members (excludes halogenated alkanes) is 1. The van der Waals surface area contributed by atoms with E-state index in [0.29, 0.717) is 6.42 Å². The molecule has 1 aromatic rings. The van der Waals surface area contributed by atoms with Gasteiger partial charge in [-0.1, -0.05) is 6.07 Å². The normalized spacial score (nSPS) is 8.92. The molecule has 12 heavy (non-hydrogen) atoms. The molecule has 1 rings (SSSR count). The predicted octanol–water partition coefficient (Wildman–Crippen LogP) is 1.80. The number of nitrogens with zero attached hydrogens (tertiary/aromatic N) is 2. The van der Waals surface area contributed by atoms with E-state index in [1.54, 1.807) is 6.20 Å². The molecule has 3 heteroatoms. The van der Waals surface area contributed by atoms with Gasteiger partial charge in [0.15, 0.2) is 0 Å². The average molecular weight is 161 g/mol. The molecule has 0 atom stereocenters. The Morgan fingerprint density at radius 1 is 1.50 bits per heavy atom. The van der Waals surface area contributed by atoms with Gasteiger partial charge in [0.1, 0.15) is 5.82 Å². The van der Waals surface area contributed by atoms with Crippen molar-refractivity contribution in [2.24, 2.45) is 0 Å². The zero-order chi connectivity index (χ0) is 8.65. The molecule has 0 amide bonds. The number of anilines is 1. The molecular weight excluding hydrogens is 150 g/mol. The average Bonchev–Trinajstić information content (AvgIpc) is 2.14. The molecule has 1 N–H and O–H groups in total. The minimum atomic E-state index is 0.597. The van der Waals surface area contributed by atoms with Gasteiger partial charge in [-0.25, -0.2) is 4.98 Å². The second-order valence-electron chi connectivity index (χ2n) is 2.40. The third-order valence-electron chi connectivity index (χ3n) is 1.44. The van der Waals surface area contributed by atoms with Crippen LogP contribution >= 0.6 is 0 Å². The first-order valence-electron chi connectivity index (χ1n) is 3.95. The van der Waals surface area contributed by atoms with E-state index in [2.05, 4.69) is 16.4 Å². The fourth-order valence-electron chi connectivity index (χ4n) is 0.851. The third-order valence-corrected chi connectivity index (χ3v) is 1.44. The standard InChI is InChI=1S/C9H11N3/c10-6-2-4-8-12-9-5-1-3-7-11-9/h1,3,5,7H,2,4,8H2,(H,11,12). The molecule has 0 radical (unpaired) electrons. The summed E-state index contributed by atoms with van der Waals surface area (Å²) in [6.45, 7) is 0.810. The van der Waals surface area contributed by atoms with E-state index in [9.17, 15) is 0 Å². The van der Waals surface area contributed by atoms with Crippen LogP contribution in [0, 0.1) is 11.3 Å². The van der Waals surface area contributed by atoms with Gasteiger partial charge in [0.2, 0.25) is 0 Å². The first kappa shape index (κ1) is 8.54. The van der Waals surface area contributed by atoms with Gasteiger partial charge in [0.05, 0.1) is 6.07 Å². The Hall–Kier alpha value is -1.56. The summed E-state index contributed by atoms with van der Waals surface area (Å²) in [7, 11) is 0. The summed E-state index contributed by atoms with van der Waals surface area (Å²) in [5.74, 6) is 0.871. The van der Waals surface area contributed by atoms with Gasteiger partial charge in [-0.2, -0.15) is 5.26 Å². The van der Waals surface area contributed by atoms with Gasteiger partial charge in [0, 0.05) is 19.2 Å². The largest absolute Gasteiger partial charge is 0.370 e. The van der Waals surface area contributed by atoms with Crippen molar-refractivity contribution in [3.05, 3.63) is 24.4 Å². The number of rotatable bonds is 4. The molecule has 0 bridgehead atoms. The van der Waals surface area contributed by atoms with Gasteiger partial charge in [-0.3, -0.25) is 0 Å². The summed E-state index contributed by atoms with van der Waals surface area (Å²) < 4.78 is 0. The molecule has 0 aliphatic heterocycles. The van der Waals surface area contributed by atoms with Crippen molar-refractivity contribution in [1.82, 2.24) is 4.98 Å². The molecule has 0 unspecified atom stereocenters. The van der Waals surface area contributed by atoms with E-state index in [1.165, 1.54) is 0 Å². The highest BCUT2D eigenvalue weighted by molar-refractivity contribution is 5.32. The maximum Gasteiger partial charge on any atom is 0.125 e. The van der Waals surface area contributed by atoms with Crippen LogP contribution in [-0.2, 0) is 0 Å². The highest BCUT2D eigenvalue weighted by atomic mass is 15.0. The van der Waals surface area contributed by atoms with Gasteiger partial charge in [0.25, 0.3) is 0 Å². The Morgan fingerprint density at radius 3 is 3.08 bits per heavy atom. The third kappa shape index (κ3) is 3.02. The Balaban J connectivity index is 2.21. The Bertz CT molecular complexity index is 250. The van der Waals surface area contributed by atoms with Gasteiger partial charge >= 0.3 is 0 Å². The molecule has 0 spiro atoms. The number of hydrogen-bond donors (Lipinski definition) is 1. The lowest BCUT2D eigenvalue weighted by Gasteiger charge is -2.01. The maximum atomic E-state index is 8.27. The zero-order valence-electron chi connectivity index (χ0n) is 6.83. The Labute approximate surface area is 72.1 Å². The van der Waals surface area contributed by atoms with Crippen LogP contribution in [0.1, 0.15) is 12.8 Å². The molecule has 0 saturated heterocycles. The second-order valence-corrected chi connectivity index (χ2v) is 2.40. The predicted molar refractivity (Wildman–Crippen MR) is 47.6 cm³/mol. The highest BCUT2D eigenvalue weighted by Gasteiger charge is 1.89. The highest BCUT2D eigenvalue weighted by Crippen LogP contribution is 1.99. The Morgan fingerprint density at radius 2 is 2.42 bits per heavy atom. The number of pyridine rings is 1. The van der Waals surface area contributed by atoms with Gasteiger partial charge in [-0.15, -0.1) is 0 Å². The summed E-state index contributed by atoms with van der Waals surface area (Å²) in [5.41, 5.74) is 0. The van der Waals surface area contributed by atoms with E-state index >= 15 is 0 Å². The number of nitrogens with one attached hydrogen (secondary N) is 1. The van der Waals surface area contributed by atoms with Crippen molar-refractivity contribution in [2.75, 3.05) is 11.9 Å². The minimum absolute atomic E-state index is 0.597. The first-order valence-corrected chi connectivity index (χ1v) is 3.95. The van der Waals surface area contributed by atoms with Crippen LogP contribution in [0.5, 0.6) is 0 Å². The lowest BCUT2D eigenvalue weighted by Crippen LogP contribution is -2.01.